The van der Waals surface area contributed by atoms with Crippen LogP contribution in [0.4, 0.5) is 5.69 Å². The summed E-state index contributed by atoms with van der Waals surface area (Å²) in [5.74, 6) is 0.812. The molecule has 0 spiro atoms. The van der Waals surface area contributed by atoms with Crippen molar-refractivity contribution in [2.75, 3.05) is 18.6 Å². The van der Waals surface area contributed by atoms with E-state index in [1.54, 1.807) is 18.9 Å². The van der Waals surface area contributed by atoms with E-state index >= 15 is 0 Å². The fourth-order valence-electron chi connectivity index (χ4n) is 3.61. The zero-order valence-electron chi connectivity index (χ0n) is 16.9. The van der Waals surface area contributed by atoms with Crippen molar-refractivity contribution in [3.8, 4) is 5.75 Å². The van der Waals surface area contributed by atoms with Gasteiger partial charge in [0.25, 0.3) is 5.91 Å². The zero-order valence-corrected chi connectivity index (χ0v) is 17.7. The van der Waals surface area contributed by atoms with Gasteiger partial charge in [-0.25, -0.2) is 0 Å². The molecule has 4 rings (SSSR count). The Balaban J connectivity index is 1.72. The lowest BCUT2D eigenvalue weighted by Crippen LogP contribution is -2.18. The van der Waals surface area contributed by atoms with Crippen LogP contribution >= 0.6 is 11.8 Å². The number of nitrogens with zero attached hydrogens (tertiary/aromatic N) is 1. The number of allylic oxidation sites excluding steroid dienone is 2. The predicted molar refractivity (Wildman–Crippen MR) is 120 cm³/mol. The smallest absolute Gasteiger partial charge is 0.256 e. The number of amides is 1. The molecule has 1 amide bonds. The molecule has 0 saturated heterocycles. The largest absolute Gasteiger partial charge is 0.497 e. The van der Waals surface area contributed by atoms with Crippen molar-refractivity contribution in [2.24, 2.45) is 0 Å². The first-order valence-electron chi connectivity index (χ1n) is 9.81. The fourth-order valence-corrected chi connectivity index (χ4v) is 4.78. The summed E-state index contributed by atoms with van der Waals surface area (Å²) in [6, 6.07) is 16.1. The third-order valence-electron chi connectivity index (χ3n) is 5.14. The molecule has 0 radical (unpaired) electrons. The number of carbonyl (C=O) groups excluding carboxylic acids is 1. The minimum atomic E-state index is -0.0391. The molecule has 2 aliphatic heterocycles. The summed E-state index contributed by atoms with van der Waals surface area (Å²) in [6.45, 7) is 5.08. The maximum absolute atomic E-state index is 12.7. The Bertz CT molecular complexity index is 1040. The number of ether oxygens (including phenoxy) is 1. The van der Waals surface area contributed by atoms with E-state index in [1.165, 1.54) is 4.90 Å². The molecule has 2 aromatic carbocycles. The second-order valence-corrected chi connectivity index (χ2v) is 7.90. The van der Waals surface area contributed by atoms with Crippen molar-refractivity contribution >= 4 is 29.1 Å². The Morgan fingerprint density at radius 2 is 1.97 bits per heavy atom. The monoisotopic (exact) mass is 404 g/mol. The third-order valence-corrected chi connectivity index (χ3v) is 6.26. The molecule has 2 aliphatic rings. The topological polar surface area (TPSA) is 41.6 Å². The minimum Gasteiger partial charge on any atom is -0.497 e. The van der Waals surface area contributed by atoms with Gasteiger partial charge in [-0.2, -0.15) is 0 Å². The number of benzene rings is 2. The second-order valence-electron chi connectivity index (χ2n) is 6.83. The van der Waals surface area contributed by atoms with Crippen LogP contribution in [0.5, 0.6) is 5.75 Å². The van der Waals surface area contributed by atoms with Crippen LogP contribution in [0, 0.1) is 0 Å². The summed E-state index contributed by atoms with van der Waals surface area (Å²) in [5.41, 5.74) is 4.80. The number of hydrogen-bond acceptors (Lipinski definition) is 4. The van der Waals surface area contributed by atoms with E-state index in [4.69, 9.17) is 4.74 Å². The number of thioether (sulfide) groups is 1. The molecule has 0 atom stereocenters. The molecule has 0 aliphatic carbocycles. The third kappa shape index (κ3) is 3.70. The van der Waals surface area contributed by atoms with E-state index in [9.17, 15) is 4.79 Å². The van der Waals surface area contributed by atoms with E-state index in [0.29, 0.717) is 0 Å². The van der Waals surface area contributed by atoms with Crippen LogP contribution in [0.2, 0.25) is 0 Å². The molecular formula is C24H24N2O2S. The molecule has 4 nitrogen and oxygen atoms in total. The maximum Gasteiger partial charge on any atom is 0.256 e. The number of rotatable bonds is 5. The van der Waals surface area contributed by atoms with Gasteiger partial charge >= 0.3 is 0 Å². The summed E-state index contributed by atoms with van der Waals surface area (Å²) in [4.78, 5) is 16.2. The minimum absolute atomic E-state index is 0.0391. The fraction of sp³-hybridized carbons (Fsp3) is 0.208. The Hall–Kier alpha value is -2.92. The highest BCUT2D eigenvalue weighted by atomic mass is 32.2. The van der Waals surface area contributed by atoms with E-state index in [2.05, 4.69) is 42.3 Å². The van der Waals surface area contributed by atoms with Crippen molar-refractivity contribution in [1.82, 2.24) is 5.32 Å². The van der Waals surface area contributed by atoms with E-state index in [-0.39, 0.29) is 5.91 Å². The van der Waals surface area contributed by atoms with Gasteiger partial charge in [0.15, 0.2) is 0 Å². The molecule has 2 aromatic rings. The summed E-state index contributed by atoms with van der Waals surface area (Å²) in [7, 11) is 1.69. The molecule has 0 fully saturated rings. The first-order chi connectivity index (χ1) is 14.1. The standard InChI is InChI=1S/C24H24N2O2S/c1-4-16(19-15-20(25-24(19)27)17-9-7-6-8-10-17)13-23-26(5-2)21-14-18(28-3)11-12-22(21)29-23/h6-15H,4-5H2,1-3H3,(H,25,27)/b19-16+,23-13-. The van der Waals surface area contributed by atoms with Gasteiger partial charge in [-0.3, -0.25) is 4.79 Å². The Labute approximate surface area is 175 Å². The zero-order chi connectivity index (χ0) is 20.4. The molecule has 5 heteroatoms. The average Bonchev–Trinajstić information content (AvgIpc) is 3.31. The lowest BCUT2D eigenvalue weighted by Gasteiger charge is -2.19. The van der Waals surface area contributed by atoms with Gasteiger partial charge in [0, 0.05) is 28.8 Å². The van der Waals surface area contributed by atoms with Crippen molar-refractivity contribution in [3.63, 3.8) is 0 Å². The molecule has 0 unspecified atom stereocenters. The van der Waals surface area contributed by atoms with Gasteiger partial charge in [0.1, 0.15) is 5.75 Å². The van der Waals surface area contributed by atoms with Crippen molar-refractivity contribution in [2.45, 2.75) is 25.2 Å². The number of carbonyl (C=O) groups is 1. The highest BCUT2D eigenvalue weighted by Crippen LogP contribution is 2.47. The van der Waals surface area contributed by atoms with Gasteiger partial charge in [-0.15, -0.1) is 0 Å². The lowest BCUT2D eigenvalue weighted by atomic mass is 10.0. The van der Waals surface area contributed by atoms with Gasteiger partial charge in [0.05, 0.1) is 17.8 Å². The molecule has 2 heterocycles. The molecule has 29 heavy (non-hydrogen) atoms. The average molecular weight is 405 g/mol. The van der Waals surface area contributed by atoms with Crippen LogP contribution in [-0.2, 0) is 4.79 Å². The van der Waals surface area contributed by atoms with Gasteiger partial charge in [-0.1, -0.05) is 49.0 Å². The van der Waals surface area contributed by atoms with Crippen molar-refractivity contribution in [3.05, 3.63) is 82.4 Å². The van der Waals surface area contributed by atoms with Crippen LogP contribution in [0.25, 0.3) is 5.70 Å². The second kappa shape index (κ2) is 8.21. The highest BCUT2D eigenvalue weighted by molar-refractivity contribution is 8.03. The summed E-state index contributed by atoms with van der Waals surface area (Å²) in [6.07, 6.45) is 4.90. The highest BCUT2D eigenvalue weighted by Gasteiger charge is 2.26. The summed E-state index contributed by atoms with van der Waals surface area (Å²) in [5, 5.41) is 4.15. The molecule has 0 aromatic heterocycles. The summed E-state index contributed by atoms with van der Waals surface area (Å²) >= 11 is 1.73. The lowest BCUT2D eigenvalue weighted by molar-refractivity contribution is -0.115. The van der Waals surface area contributed by atoms with Crippen LogP contribution in [0.15, 0.2) is 81.8 Å². The quantitative estimate of drug-likeness (QED) is 0.683. The number of hydrogen-bond donors (Lipinski definition) is 1. The number of fused-ring (bicyclic) bond motifs is 1. The van der Waals surface area contributed by atoms with E-state index < -0.39 is 0 Å². The van der Waals surface area contributed by atoms with Gasteiger partial charge < -0.3 is 15.0 Å². The molecule has 1 N–H and O–H groups in total. The van der Waals surface area contributed by atoms with Crippen molar-refractivity contribution in [1.29, 1.82) is 0 Å². The Morgan fingerprint density at radius 1 is 1.17 bits per heavy atom. The Morgan fingerprint density at radius 3 is 2.66 bits per heavy atom. The molecule has 0 saturated carbocycles. The number of nitrogens with one attached hydrogen (secondary N) is 1. The molecule has 0 bridgehead atoms. The predicted octanol–water partition coefficient (Wildman–Crippen LogP) is 5.35. The van der Waals surface area contributed by atoms with Crippen LogP contribution < -0.4 is 15.0 Å². The van der Waals surface area contributed by atoms with Crippen LogP contribution in [0.1, 0.15) is 25.8 Å². The normalized spacial score (nSPS) is 18.6. The first-order valence-corrected chi connectivity index (χ1v) is 10.6. The maximum atomic E-state index is 12.7. The SMILES string of the molecule is CCC(/C=C1\Sc2ccc(OC)cc2N1CC)=C1/C=C(c2ccccc2)NC1=O. The number of methoxy groups -OCH3 is 1. The Kier molecular flexibility index (Phi) is 5.49. The first kappa shape index (κ1) is 19.4. The summed E-state index contributed by atoms with van der Waals surface area (Å²) < 4.78 is 5.39. The van der Waals surface area contributed by atoms with Crippen LogP contribution in [-0.4, -0.2) is 19.6 Å². The van der Waals surface area contributed by atoms with Gasteiger partial charge in [-0.05, 0) is 48.8 Å². The van der Waals surface area contributed by atoms with Crippen molar-refractivity contribution < 1.29 is 9.53 Å². The molecular weight excluding hydrogens is 380 g/mol. The van der Waals surface area contributed by atoms with E-state index in [1.807, 2.05) is 42.5 Å². The van der Waals surface area contributed by atoms with E-state index in [0.717, 1.165) is 51.8 Å². The van der Waals surface area contributed by atoms with Crippen LogP contribution in [0.3, 0.4) is 0 Å². The number of anilines is 1. The van der Waals surface area contributed by atoms with Gasteiger partial charge in [0.2, 0.25) is 0 Å². The molecule has 148 valence electrons.